The first-order chi connectivity index (χ1) is 10.9. The Hall–Kier alpha value is -0.960. The molecule has 1 aromatic rings. The molecule has 0 spiro atoms. The lowest BCUT2D eigenvalue weighted by Crippen LogP contribution is -2.42. The molecule has 3 rings (SSSR count). The minimum absolute atomic E-state index is 0.410. The molecule has 1 saturated heterocycles. The van der Waals surface area contributed by atoms with Crippen LogP contribution in [0.3, 0.4) is 0 Å². The van der Waals surface area contributed by atoms with E-state index in [9.17, 15) is 8.42 Å². The van der Waals surface area contributed by atoms with E-state index in [2.05, 4.69) is 27.0 Å². The van der Waals surface area contributed by atoms with E-state index in [0.717, 1.165) is 45.6 Å². The molecule has 8 heteroatoms. The number of nitrogens with zero attached hydrogens (tertiary/aromatic N) is 4. The van der Waals surface area contributed by atoms with Crippen molar-refractivity contribution in [3.05, 3.63) is 17.5 Å². The van der Waals surface area contributed by atoms with Gasteiger partial charge in [0.15, 0.2) is 0 Å². The van der Waals surface area contributed by atoms with Crippen LogP contribution in [0.1, 0.15) is 24.1 Å². The molecule has 2 aliphatic rings. The molecule has 0 amide bonds. The lowest BCUT2D eigenvalue weighted by molar-refractivity contribution is 0.196. The Morgan fingerprint density at radius 3 is 3.04 bits per heavy atom. The lowest BCUT2D eigenvalue weighted by Gasteiger charge is -2.33. The van der Waals surface area contributed by atoms with Crippen LogP contribution in [0.4, 0.5) is 0 Å². The van der Waals surface area contributed by atoms with Crippen molar-refractivity contribution in [2.24, 2.45) is 5.92 Å². The van der Waals surface area contributed by atoms with E-state index in [-0.39, 0.29) is 0 Å². The van der Waals surface area contributed by atoms with Gasteiger partial charge >= 0.3 is 0 Å². The van der Waals surface area contributed by atoms with Gasteiger partial charge in [-0.2, -0.15) is 5.10 Å². The summed E-state index contributed by atoms with van der Waals surface area (Å²) in [4.78, 5) is 2.29. The molecule has 1 fully saturated rings. The molecule has 1 N–H and O–H groups in total. The van der Waals surface area contributed by atoms with E-state index >= 15 is 0 Å². The van der Waals surface area contributed by atoms with Gasteiger partial charge < -0.3 is 10.2 Å². The highest BCUT2D eigenvalue weighted by Gasteiger charge is 2.26. The van der Waals surface area contributed by atoms with Gasteiger partial charge in [0.05, 0.1) is 24.7 Å². The number of aromatic nitrogens is 2. The minimum atomic E-state index is -3.06. The second kappa shape index (κ2) is 6.88. The molecule has 7 nitrogen and oxygen atoms in total. The van der Waals surface area contributed by atoms with Gasteiger partial charge in [-0.1, -0.05) is 0 Å². The van der Waals surface area contributed by atoms with Gasteiger partial charge in [-0.3, -0.25) is 4.68 Å². The highest BCUT2D eigenvalue weighted by atomic mass is 32.2. The van der Waals surface area contributed by atoms with E-state index in [1.165, 1.54) is 17.5 Å². The molecule has 2 aliphatic heterocycles. The zero-order valence-corrected chi connectivity index (χ0v) is 14.8. The second-order valence-corrected chi connectivity index (χ2v) is 8.82. The molecule has 0 bridgehead atoms. The van der Waals surface area contributed by atoms with E-state index in [0.29, 0.717) is 19.0 Å². The van der Waals surface area contributed by atoms with E-state index in [1.54, 1.807) is 4.31 Å². The van der Waals surface area contributed by atoms with Crippen LogP contribution in [0, 0.1) is 5.92 Å². The number of fused-ring (bicyclic) bond motifs is 1. The van der Waals surface area contributed by atoms with Crippen LogP contribution in [0.2, 0.25) is 0 Å². The summed E-state index contributed by atoms with van der Waals surface area (Å²) in [5.41, 5.74) is 2.56. The van der Waals surface area contributed by atoms with E-state index < -0.39 is 10.0 Å². The summed E-state index contributed by atoms with van der Waals surface area (Å²) in [6, 6.07) is 0. The molecule has 1 unspecified atom stereocenters. The Morgan fingerprint density at radius 2 is 2.26 bits per heavy atom. The molecule has 130 valence electrons. The first-order valence-electron chi connectivity index (χ1n) is 8.31. The van der Waals surface area contributed by atoms with Crippen LogP contribution in [-0.4, -0.2) is 66.9 Å². The summed E-state index contributed by atoms with van der Waals surface area (Å²) in [7, 11) is -0.953. The Balaban J connectivity index is 1.57. The van der Waals surface area contributed by atoms with Gasteiger partial charge in [-0.25, -0.2) is 12.7 Å². The molecule has 0 radical (unpaired) electrons. The summed E-state index contributed by atoms with van der Waals surface area (Å²) in [5.74, 6) is 0.410. The fraction of sp³-hybridized carbons (Fsp3) is 0.800. The van der Waals surface area contributed by atoms with Crippen molar-refractivity contribution in [1.82, 2.24) is 24.3 Å². The van der Waals surface area contributed by atoms with Gasteiger partial charge in [-0.15, -0.1) is 0 Å². The third-order valence-electron chi connectivity index (χ3n) is 4.79. The maximum Gasteiger partial charge on any atom is 0.211 e. The molecule has 0 saturated carbocycles. The van der Waals surface area contributed by atoms with Crippen LogP contribution in [0.5, 0.6) is 0 Å². The standard InChI is InChI=1S/C15H27N5O2S/c1-18(10-13-4-3-6-19(11-13)23(2,21)22)12-14-8-17-20-7-5-16-9-15(14)20/h8,13,16H,3-7,9-12H2,1-2H3. The average molecular weight is 341 g/mol. The summed E-state index contributed by atoms with van der Waals surface area (Å²) in [5, 5.41) is 7.86. The molecule has 1 aromatic heterocycles. The number of hydrogen-bond acceptors (Lipinski definition) is 5. The van der Waals surface area contributed by atoms with E-state index in [1.807, 2.05) is 6.20 Å². The number of sulfonamides is 1. The zero-order chi connectivity index (χ0) is 16.4. The largest absolute Gasteiger partial charge is 0.309 e. The van der Waals surface area contributed by atoms with Crippen molar-refractivity contribution in [1.29, 1.82) is 0 Å². The average Bonchev–Trinajstić information content (AvgIpc) is 2.90. The van der Waals surface area contributed by atoms with Crippen molar-refractivity contribution in [3.8, 4) is 0 Å². The summed E-state index contributed by atoms with van der Waals surface area (Å²) in [6.07, 6.45) is 5.34. The maximum atomic E-state index is 11.7. The summed E-state index contributed by atoms with van der Waals surface area (Å²) < 4.78 is 27.2. The minimum Gasteiger partial charge on any atom is -0.309 e. The fourth-order valence-electron chi connectivity index (χ4n) is 3.64. The van der Waals surface area contributed by atoms with Gasteiger partial charge in [0.25, 0.3) is 0 Å². The quantitative estimate of drug-likeness (QED) is 0.822. The number of nitrogens with one attached hydrogen (secondary N) is 1. The third-order valence-corrected chi connectivity index (χ3v) is 6.06. The number of rotatable bonds is 5. The molecule has 0 aliphatic carbocycles. The Kier molecular flexibility index (Phi) is 5.05. The SMILES string of the molecule is CN(Cc1cnn2c1CNCC2)CC1CCCN(S(C)(=O)=O)C1. The highest BCUT2D eigenvalue weighted by molar-refractivity contribution is 7.88. The lowest BCUT2D eigenvalue weighted by atomic mass is 9.99. The fourth-order valence-corrected chi connectivity index (χ4v) is 4.59. The van der Waals surface area contributed by atoms with Gasteiger partial charge in [0, 0.05) is 44.8 Å². The normalized spacial score (nSPS) is 23.2. The molecule has 23 heavy (non-hydrogen) atoms. The first kappa shape index (κ1) is 16.9. The molecule has 3 heterocycles. The monoisotopic (exact) mass is 341 g/mol. The van der Waals surface area contributed by atoms with Gasteiger partial charge in [0.2, 0.25) is 10.0 Å². The maximum absolute atomic E-state index is 11.7. The highest BCUT2D eigenvalue weighted by Crippen LogP contribution is 2.21. The van der Waals surface area contributed by atoms with Crippen molar-refractivity contribution < 1.29 is 8.42 Å². The Labute approximate surface area is 138 Å². The number of piperidine rings is 1. The van der Waals surface area contributed by atoms with Crippen LogP contribution in [-0.2, 0) is 29.7 Å². The predicted octanol–water partition coefficient (Wildman–Crippen LogP) is 0.0897. The van der Waals surface area contributed by atoms with Crippen molar-refractivity contribution in [2.45, 2.75) is 32.5 Å². The van der Waals surface area contributed by atoms with Crippen LogP contribution >= 0.6 is 0 Å². The van der Waals surface area contributed by atoms with Crippen LogP contribution < -0.4 is 5.32 Å². The van der Waals surface area contributed by atoms with Crippen molar-refractivity contribution in [2.75, 3.05) is 39.5 Å². The smallest absolute Gasteiger partial charge is 0.211 e. The molecular weight excluding hydrogens is 314 g/mol. The predicted molar refractivity (Wildman–Crippen MR) is 89.4 cm³/mol. The zero-order valence-electron chi connectivity index (χ0n) is 14.0. The second-order valence-electron chi connectivity index (χ2n) is 6.84. The molecule has 1 atom stereocenters. The molecular formula is C15H27N5O2S. The summed E-state index contributed by atoms with van der Waals surface area (Å²) in [6.45, 7) is 5.90. The van der Waals surface area contributed by atoms with Crippen LogP contribution in [0.25, 0.3) is 0 Å². The van der Waals surface area contributed by atoms with Gasteiger partial charge in [0.1, 0.15) is 0 Å². The first-order valence-corrected chi connectivity index (χ1v) is 10.2. The topological polar surface area (TPSA) is 70.5 Å². The number of hydrogen-bond donors (Lipinski definition) is 1. The van der Waals surface area contributed by atoms with Gasteiger partial charge in [-0.05, 0) is 25.8 Å². The van der Waals surface area contributed by atoms with Crippen LogP contribution in [0.15, 0.2) is 6.20 Å². The Morgan fingerprint density at radius 1 is 1.43 bits per heavy atom. The Bertz CT molecular complexity index is 642. The third kappa shape index (κ3) is 4.12. The summed E-state index contributed by atoms with van der Waals surface area (Å²) >= 11 is 0. The van der Waals surface area contributed by atoms with Crippen molar-refractivity contribution >= 4 is 10.0 Å². The molecule has 0 aromatic carbocycles. The van der Waals surface area contributed by atoms with E-state index in [4.69, 9.17) is 0 Å². The van der Waals surface area contributed by atoms with Crippen molar-refractivity contribution in [3.63, 3.8) is 0 Å².